The minimum atomic E-state index is -0.568. The van der Waals surface area contributed by atoms with Crippen LogP contribution in [-0.4, -0.2) is 40.9 Å². The fourth-order valence-corrected chi connectivity index (χ4v) is 2.39. The van der Waals surface area contributed by atoms with Crippen molar-refractivity contribution in [3.63, 3.8) is 0 Å². The normalized spacial score (nSPS) is 17.4. The van der Waals surface area contributed by atoms with Crippen molar-refractivity contribution in [3.05, 3.63) is 42.4 Å². The molecular weight excluding hydrogens is 294 g/mol. The standard InChI is InChI=1S/C16H17N5O2/c1-10-18-6-5-13(19-10)11-3-2-4-12(7-11)20-16(23)14-8-17-9-15(22)21-14/h2-7,14,17H,8-9H2,1H3,(H,20,23)(H,21,22)/t14-/m1/s1. The zero-order chi connectivity index (χ0) is 16.2. The molecular formula is C16H17N5O2. The predicted molar refractivity (Wildman–Crippen MR) is 85.6 cm³/mol. The first-order chi connectivity index (χ1) is 11.1. The van der Waals surface area contributed by atoms with Crippen LogP contribution >= 0.6 is 0 Å². The average molecular weight is 311 g/mol. The van der Waals surface area contributed by atoms with Gasteiger partial charge in [-0.2, -0.15) is 0 Å². The molecule has 3 rings (SSSR count). The highest BCUT2D eigenvalue weighted by Gasteiger charge is 2.24. The lowest BCUT2D eigenvalue weighted by atomic mass is 10.1. The van der Waals surface area contributed by atoms with E-state index in [4.69, 9.17) is 0 Å². The molecule has 7 nitrogen and oxygen atoms in total. The summed E-state index contributed by atoms with van der Waals surface area (Å²) >= 11 is 0. The Morgan fingerprint density at radius 3 is 3.00 bits per heavy atom. The highest BCUT2D eigenvalue weighted by Crippen LogP contribution is 2.20. The first kappa shape index (κ1) is 15.1. The molecule has 0 bridgehead atoms. The molecule has 0 saturated carbocycles. The summed E-state index contributed by atoms with van der Waals surface area (Å²) in [5.74, 6) is 0.260. The molecule has 2 amide bonds. The van der Waals surface area contributed by atoms with Gasteiger partial charge in [0.05, 0.1) is 12.2 Å². The Kier molecular flexibility index (Phi) is 4.29. The SMILES string of the molecule is Cc1nccc(-c2cccc(NC(=O)[C@H]3CNCC(=O)N3)c2)n1. The van der Waals surface area contributed by atoms with E-state index in [2.05, 4.69) is 25.9 Å². The van der Waals surface area contributed by atoms with Gasteiger partial charge in [-0.05, 0) is 25.1 Å². The molecule has 23 heavy (non-hydrogen) atoms. The molecule has 0 unspecified atom stereocenters. The summed E-state index contributed by atoms with van der Waals surface area (Å²) in [4.78, 5) is 32.0. The number of piperazine rings is 1. The summed E-state index contributed by atoms with van der Waals surface area (Å²) in [5, 5.41) is 8.38. The van der Waals surface area contributed by atoms with Crippen molar-refractivity contribution in [1.82, 2.24) is 20.6 Å². The first-order valence-corrected chi connectivity index (χ1v) is 7.33. The molecule has 1 aromatic heterocycles. The van der Waals surface area contributed by atoms with E-state index in [-0.39, 0.29) is 18.4 Å². The second-order valence-electron chi connectivity index (χ2n) is 5.31. The number of hydrogen-bond donors (Lipinski definition) is 3. The summed E-state index contributed by atoms with van der Waals surface area (Å²) in [6.45, 7) is 2.49. The molecule has 2 aromatic rings. The molecule has 0 spiro atoms. The molecule has 1 fully saturated rings. The van der Waals surface area contributed by atoms with Crippen molar-refractivity contribution >= 4 is 17.5 Å². The van der Waals surface area contributed by atoms with Crippen LogP contribution in [0.4, 0.5) is 5.69 Å². The molecule has 7 heteroatoms. The van der Waals surface area contributed by atoms with E-state index in [1.165, 1.54) is 0 Å². The van der Waals surface area contributed by atoms with Crippen molar-refractivity contribution in [3.8, 4) is 11.3 Å². The minimum Gasteiger partial charge on any atom is -0.342 e. The molecule has 1 atom stereocenters. The van der Waals surface area contributed by atoms with E-state index in [0.29, 0.717) is 18.1 Å². The zero-order valence-electron chi connectivity index (χ0n) is 12.7. The Labute approximate surface area is 133 Å². The molecule has 1 saturated heterocycles. The lowest BCUT2D eigenvalue weighted by molar-refractivity contribution is -0.127. The van der Waals surface area contributed by atoms with Crippen LogP contribution in [0, 0.1) is 6.92 Å². The van der Waals surface area contributed by atoms with Crippen LogP contribution in [0.2, 0.25) is 0 Å². The highest BCUT2D eigenvalue weighted by atomic mass is 16.2. The third kappa shape index (κ3) is 3.70. The Hall–Kier alpha value is -2.80. The Morgan fingerprint density at radius 1 is 1.35 bits per heavy atom. The number of anilines is 1. The number of carbonyl (C=O) groups is 2. The lowest BCUT2D eigenvalue weighted by Gasteiger charge is -2.23. The zero-order valence-corrected chi connectivity index (χ0v) is 12.7. The number of benzene rings is 1. The van der Waals surface area contributed by atoms with Gasteiger partial charge in [0.1, 0.15) is 11.9 Å². The third-order valence-corrected chi connectivity index (χ3v) is 3.49. The lowest BCUT2D eigenvalue weighted by Crippen LogP contribution is -2.57. The smallest absolute Gasteiger partial charge is 0.248 e. The van der Waals surface area contributed by atoms with Crippen molar-refractivity contribution < 1.29 is 9.59 Å². The van der Waals surface area contributed by atoms with Crippen LogP contribution < -0.4 is 16.0 Å². The van der Waals surface area contributed by atoms with Crippen LogP contribution in [0.15, 0.2) is 36.5 Å². The van der Waals surface area contributed by atoms with Gasteiger partial charge in [-0.3, -0.25) is 9.59 Å². The summed E-state index contributed by atoms with van der Waals surface area (Å²) in [5.41, 5.74) is 2.34. The number of aromatic nitrogens is 2. The van der Waals surface area contributed by atoms with Crippen LogP contribution in [0.1, 0.15) is 5.82 Å². The van der Waals surface area contributed by atoms with Crippen LogP contribution in [0.3, 0.4) is 0 Å². The molecule has 0 aliphatic carbocycles. The van der Waals surface area contributed by atoms with Gasteiger partial charge >= 0.3 is 0 Å². The topological polar surface area (TPSA) is 96.0 Å². The second kappa shape index (κ2) is 6.53. The molecule has 118 valence electrons. The van der Waals surface area contributed by atoms with E-state index < -0.39 is 6.04 Å². The summed E-state index contributed by atoms with van der Waals surface area (Å²) < 4.78 is 0. The number of rotatable bonds is 3. The number of nitrogens with zero attached hydrogens (tertiary/aromatic N) is 2. The van der Waals surface area contributed by atoms with Gasteiger partial charge in [-0.25, -0.2) is 9.97 Å². The van der Waals surface area contributed by atoms with Crippen molar-refractivity contribution in [2.24, 2.45) is 0 Å². The molecule has 0 radical (unpaired) electrons. The van der Waals surface area contributed by atoms with Crippen LogP contribution in [0.5, 0.6) is 0 Å². The van der Waals surface area contributed by atoms with Gasteiger partial charge in [0.15, 0.2) is 0 Å². The molecule has 1 aliphatic heterocycles. The summed E-state index contributed by atoms with van der Waals surface area (Å²) in [6.07, 6.45) is 1.70. The fraction of sp³-hybridized carbons (Fsp3) is 0.250. The van der Waals surface area contributed by atoms with Gasteiger partial charge in [0, 0.05) is 24.0 Å². The molecule has 1 aliphatic rings. The minimum absolute atomic E-state index is 0.179. The highest BCUT2D eigenvalue weighted by molar-refractivity contribution is 5.98. The third-order valence-electron chi connectivity index (χ3n) is 3.49. The Balaban J connectivity index is 1.75. The number of hydrogen-bond acceptors (Lipinski definition) is 5. The first-order valence-electron chi connectivity index (χ1n) is 7.33. The molecule has 1 aromatic carbocycles. The fourth-order valence-electron chi connectivity index (χ4n) is 2.39. The molecule has 3 N–H and O–H groups in total. The van der Waals surface area contributed by atoms with E-state index >= 15 is 0 Å². The van der Waals surface area contributed by atoms with Crippen molar-refractivity contribution in [2.75, 3.05) is 18.4 Å². The monoisotopic (exact) mass is 311 g/mol. The second-order valence-corrected chi connectivity index (χ2v) is 5.31. The maximum absolute atomic E-state index is 12.2. The summed E-state index contributed by atoms with van der Waals surface area (Å²) in [7, 11) is 0. The number of nitrogens with one attached hydrogen (secondary N) is 3. The van der Waals surface area contributed by atoms with Gasteiger partial charge < -0.3 is 16.0 Å². The van der Waals surface area contributed by atoms with E-state index in [0.717, 1.165) is 11.3 Å². The predicted octanol–water partition coefficient (Wildman–Crippen LogP) is 0.479. The van der Waals surface area contributed by atoms with Gasteiger partial charge in [-0.1, -0.05) is 12.1 Å². The van der Waals surface area contributed by atoms with E-state index in [1.54, 1.807) is 12.3 Å². The van der Waals surface area contributed by atoms with Crippen molar-refractivity contribution in [1.29, 1.82) is 0 Å². The largest absolute Gasteiger partial charge is 0.342 e. The van der Waals surface area contributed by atoms with Gasteiger partial charge in [0.2, 0.25) is 11.8 Å². The quantitative estimate of drug-likeness (QED) is 0.766. The number of aryl methyl sites for hydroxylation is 1. The van der Waals surface area contributed by atoms with E-state index in [1.807, 2.05) is 31.2 Å². The van der Waals surface area contributed by atoms with Crippen LogP contribution in [-0.2, 0) is 9.59 Å². The van der Waals surface area contributed by atoms with E-state index in [9.17, 15) is 9.59 Å². The average Bonchev–Trinajstić information content (AvgIpc) is 2.55. The Morgan fingerprint density at radius 2 is 2.22 bits per heavy atom. The maximum atomic E-state index is 12.2. The van der Waals surface area contributed by atoms with Gasteiger partial charge in [0.25, 0.3) is 0 Å². The maximum Gasteiger partial charge on any atom is 0.248 e. The Bertz CT molecular complexity index is 747. The number of carbonyl (C=O) groups excluding carboxylic acids is 2. The van der Waals surface area contributed by atoms with Crippen LogP contribution in [0.25, 0.3) is 11.3 Å². The summed E-state index contributed by atoms with van der Waals surface area (Å²) in [6, 6.07) is 8.66. The number of amides is 2. The van der Waals surface area contributed by atoms with Crippen molar-refractivity contribution in [2.45, 2.75) is 13.0 Å². The van der Waals surface area contributed by atoms with Gasteiger partial charge in [-0.15, -0.1) is 0 Å². The molecule has 2 heterocycles.